The molecule has 116 valence electrons. The SMILES string of the molecule is CC(=O)N1CCc2sc(S(=O)(=O)Nc3cncnc3)cc2C1. The number of hydrogen-bond donors (Lipinski definition) is 1. The van der Waals surface area contributed by atoms with Gasteiger partial charge in [0.25, 0.3) is 10.0 Å². The minimum atomic E-state index is -3.66. The number of nitrogens with one attached hydrogen (secondary N) is 1. The van der Waals surface area contributed by atoms with E-state index in [0.29, 0.717) is 25.2 Å². The first-order valence-electron chi connectivity index (χ1n) is 6.60. The Morgan fingerprint density at radius 2 is 2.09 bits per heavy atom. The van der Waals surface area contributed by atoms with Gasteiger partial charge in [0.1, 0.15) is 10.5 Å². The van der Waals surface area contributed by atoms with Crippen molar-refractivity contribution < 1.29 is 13.2 Å². The minimum absolute atomic E-state index is 0.000756. The molecule has 0 saturated heterocycles. The molecule has 9 heteroatoms. The maximum atomic E-state index is 12.4. The molecule has 22 heavy (non-hydrogen) atoms. The summed E-state index contributed by atoms with van der Waals surface area (Å²) in [5.41, 5.74) is 1.22. The molecule has 0 unspecified atom stereocenters. The van der Waals surface area contributed by atoms with Crippen LogP contribution >= 0.6 is 11.3 Å². The highest BCUT2D eigenvalue weighted by Gasteiger charge is 2.25. The first-order chi connectivity index (χ1) is 10.5. The fraction of sp³-hybridized carbons (Fsp3) is 0.308. The predicted octanol–water partition coefficient (Wildman–Crippen LogP) is 1.24. The van der Waals surface area contributed by atoms with Crippen LogP contribution in [0.2, 0.25) is 0 Å². The number of hydrogen-bond acceptors (Lipinski definition) is 6. The molecule has 2 aromatic heterocycles. The summed E-state index contributed by atoms with van der Waals surface area (Å²) in [4.78, 5) is 21.7. The lowest BCUT2D eigenvalue weighted by molar-refractivity contribution is -0.129. The number of anilines is 1. The first kappa shape index (κ1) is 14.9. The molecule has 1 aliphatic heterocycles. The highest BCUT2D eigenvalue weighted by Crippen LogP contribution is 2.31. The Hall–Kier alpha value is -2.00. The van der Waals surface area contributed by atoms with E-state index in [1.54, 1.807) is 11.0 Å². The van der Waals surface area contributed by atoms with Crippen LogP contribution in [-0.4, -0.2) is 35.7 Å². The van der Waals surface area contributed by atoms with Gasteiger partial charge in [-0.15, -0.1) is 11.3 Å². The number of carbonyl (C=O) groups is 1. The number of carbonyl (C=O) groups excluding carboxylic acids is 1. The van der Waals surface area contributed by atoms with Crippen LogP contribution in [0.5, 0.6) is 0 Å². The normalized spacial score (nSPS) is 14.5. The first-order valence-corrected chi connectivity index (χ1v) is 8.90. The van der Waals surface area contributed by atoms with Gasteiger partial charge in [0.2, 0.25) is 5.91 Å². The van der Waals surface area contributed by atoms with Gasteiger partial charge >= 0.3 is 0 Å². The number of amides is 1. The van der Waals surface area contributed by atoms with Crippen molar-refractivity contribution in [3.8, 4) is 0 Å². The van der Waals surface area contributed by atoms with E-state index in [1.165, 1.54) is 37.0 Å². The zero-order chi connectivity index (χ0) is 15.7. The molecular weight excluding hydrogens is 324 g/mol. The van der Waals surface area contributed by atoms with Gasteiger partial charge < -0.3 is 4.90 Å². The highest BCUT2D eigenvalue weighted by atomic mass is 32.2. The second-order valence-corrected chi connectivity index (χ2v) is 7.98. The summed E-state index contributed by atoms with van der Waals surface area (Å²) in [6.45, 7) is 2.61. The van der Waals surface area contributed by atoms with Crippen molar-refractivity contribution in [3.63, 3.8) is 0 Å². The molecule has 1 amide bonds. The van der Waals surface area contributed by atoms with E-state index >= 15 is 0 Å². The highest BCUT2D eigenvalue weighted by molar-refractivity contribution is 7.94. The Morgan fingerprint density at radius 3 is 2.77 bits per heavy atom. The molecule has 0 bridgehead atoms. The Morgan fingerprint density at radius 1 is 1.36 bits per heavy atom. The number of thiophene rings is 1. The lowest BCUT2D eigenvalue weighted by Gasteiger charge is -2.25. The van der Waals surface area contributed by atoms with Crippen molar-refractivity contribution >= 4 is 33.0 Å². The molecule has 0 radical (unpaired) electrons. The molecule has 0 aliphatic carbocycles. The standard InChI is InChI=1S/C13H14N4O3S2/c1-9(18)17-3-2-12-10(7-17)4-13(21-12)22(19,20)16-11-5-14-8-15-6-11/h4-6,8,16H,2-3,7H2,1H3. The molecule has 2 aromatic rings. The molecular formula is C13H14N4O3S2. The number of aromatic nitrogens is 2. The number of sulfonamides is 1. The molecule has 0 atom stereocenters. The van der Waals surface area contributed by atoms with Crippen molar-refractivity contribution in [1.29, 1.82) is 0 Å². The van der Waals surface area contributed by atoms with E-state index in [9.17, 15) is 13.2 Å². The van der Waals surface area contributed by atoms with Gasteiger partial charge in [0.15, 0.2) is 0 Å². The van der Waals surface area contributed by atoms with Crippen LogP contribution in [0.1, 0.15) is 17.4 Å². The van der Waals surface area contributed by atoms with Crippen LogP contribution in [-0.2, 0) is 27.8 Å². The molecule has 0 aromatic carbocycles. The van der Waals surface area contributed by atoms with E-state index in [1.807, 2.05) is 0 Å². The van der Waals surface area contributed by atoms with Crippen molar-refractivity contribution in [2.45, 2.75) is 24.1 Å². The monoisotopic (exact) mass is 338 g/mol. The third kappa shape index (κ3) is 2.95. The molecule has 0 spiro atoms. The smallest absolute Gasteiger partial charge is 0.271 e. The summed E-state index contributed by atoms with van der Waals surface area (Å²) in [5.74, 6) is 0.000756. The summed E-state index contributed by atoms with van der Waals surface area (Å²) in [5, 5.41) is 0. The van der Waals surface area contributed by atoms with E-state index in [2.05, 4.69) is 14.7 Å². The van der Waals surface area contributed by atoms with Crippen LogP contribution in [0.4, 0.5) is 5.69 Å². The summed E-state index contributed by atoms with van der Waals surface area (Å²) < 4.78 is 27.5. The zero-order valence-electron chi connectivity index (χ0n) is 11.8. The summed E-state index contributed by atoms with van der Waals surface area (Å²) in [6, 6.07) is 1.64. The van der Waals surface area contributed by atoms with Crippen molar-refractivity contribution in [1.82, 2.24) is 14.9 Å². The Balaban J connectivity index is 1.86. The maximum absolute atomic E-state index is 12.4. The molecule has 7 nitrogen and oxygen atoms in total. The van der Waals surface area contributed by atoms with E-state index < -0.39 is 10.0 Å². The van der Waals surface area contributed by atoms with Crippen molar-refractivity contribution in [2.75, 3.05) is 11.3 Å². The third-order valence-corrected chi connectivity index (χ3v) is 6.46. The Kier molecular flexibility index (Phi) is 3.83. The van der Waals surface area contributed by atoms with Gasteiger partial charge in [-0.3, -0.25) is 9.52 Å². The molecule has 1 N–H and O–H groups in total. The molecule has 3 heterocycles. The lowest BCUT2D eigenvalue weighted by atomic mass is 10.1. The van der Waals surface area contributed by atoms with Crippen LogP contribution in [0.25, 0.3) is 0 Å². The molecule has 3 rings (SSSR count). The fourth-order valence-corrected chi connectivity index (χ4v) is 4.84. The van der Waals surface area contributed by atoms with E-state index in [-0.39, 0.29) is 10.1 Å². The van der Waals surface area contributed by atoms with E-state index in [0.717, 1.165) is 10.4 Å². The van der Waals surface area contributed by atoms with Gasteiger partial charge in [-0.1, -0.05) is 0 Å². The second kappa shape index (κ2) is 5.65. The largest absolute Gasteiger partial charge is 0.338 e. The van der Waals surface area contributed by atoms with Gasteiger partial charge in [-0.2, -0.15) is 0 Å². The number of fused-ring (bicyclic) bond motifs is 1. The predicted molar refractivity (Wildman–Crippen MR) is 82.0 cm³/mol. The van der Waals surface area contributed by atoms with Gasteiger partial charge in [-0.05, 0) is 18.1 Å². The Bertz CT molecular complexity index is 802. The van der Waals surface area contributed by atoms with Gasteiger partial charge in [-0.25, -0.2) is 18.4 Å². The maximum Gasteiger partial charge on any atom is 0.271 e. The van der Waals surface area contributed by atoms with Crippen LogP contribution in [0.15, 0.2) is 29.0 Å². The molecule has 0 saturated carbocycles. The third-order valence-electron chi connectivity index (χ3n) is 3.37. The van der Waals surface area contributed by atoms with Crippen LogP contribution in [0, 0.1) is 0 Å². The van der Waals surface area contributed by atoms with Gasteiger partial charge in [0, 0.05) is 24.9 Å². The number of rotatable bonds is 3. The molecule has 1 aliphatic rings. The topological polar surface area (TPSA) is 92.3 Å². The summed E-state index contributed by atoms with van der Waals surface area (Å²) >= 11 is 1.25. The average molecular weight is 338 g/mol. The fourth-order valence-electron chi connectivity index (χ4n) is 2.26. The zero-order valence-corrected chi connectivity index (χ0v) is 13.4. The van der Waals surface area contributed by atoms with E-state index in [4.69, 9.17) is 0 Å². The van der Waals surface area contributed by atoms with Crippen LogP contribution < -0.4 is 4.72 Å². The summed E-state index contributed by atoms with van der Waals surface area (Å²) in [7, 11) is -3.66. The summed E-state index contributed by atoms with van der Waals surface area (Å²) in [6.07, 6.45) is 4.81. The second-order valence-electron chi connectivity index (χ2n) is 4.94. The minimum Gasteiger partial charge on any atom is -0.338 e. The average Bonchev–Trinajstić information content (AvgIpc) is 2.91. The lowest BCUT2D eigenvalue weighted by Crippen LogP contribution is -2.33. The quantitative estimate of drug-likeness (QED) is 0.909. The Labute approximate surface area is 132 Å². The molecule has 0 fully saturated rings. The number of nitrogens with zero attached hydrogens (tertiary/aromatic N) is 3. The van der Waals surface area contributed by atoms with Crippen molar-refractivity contribution in [2.24, 2.45) is 0 Å². The van der Waals surface area contributed by atoms with Crippen molar-refractivity contribution in [3.05, 3.63) is 35.2 Å². The van der Waals surface area contributed by atoms with Crippen LogP contribution in [0.3, 0.4) is 0 Å². The van der Waals surface area contributed by atoms with Gasteiger partial charge in [0.05, 0.1) is 18.1 Å².